The Morgan fingerprint density at radius 2 is 1.88 bits per heavy atom. The maximum atomic E-state index is 12.5. The summed E-state index contributed by atoms with van der Waals surface area (Å²) in [5.41, 5.74) is 1.43. The monoisotopic (exact) mass is 348 g/mol. The van der Waals surface area contributed by atoms with Gasteiger partial charge in [0.05, 0.1) is 0 Å². The van der Waals surface area contributed by atoms with Gasteiger partial charge in [-0.1, -0.05) is 42.5 Å². The van der Waals surface area contributed by atoms with Gasteiger partial charge in [0, 0.05) is 26.1 Å². The van der Waals surface area contributed by atoms with E-state index in [1.807, 2.05) is 4.90 Å². The lowest BCUT2D eigenvalue weighted by atomic mass is 9.86. The summed E-state index contributed by atoms with van der Waals surface area (Å²) < 4.78 is 1.78. The molecule has 1 aliphatic heterocycles. The second kappa shape index (κ2) is 7.68. The van der Waals surface area contributed by atoms with E-state index < -0.39 is 0 Å². The van der Waals surface area contributed by atoms with Crippen molar-refractivity contribution in [3.05, 3.63) is 60.7 Å². The lowest BCUT2D eigenvalue weighted by molar-refractivity contribution is -0.132. The van der Waals surface area contributed by atoms with Gasteiger partial charge in [0.2, 0.25) is 5.91 Å². The number of rotatable bonds is 5. The zero-order valence-electron chi connectivity index (χ0n) is 14.9. The number of carbonyl (C=O) groups is 1. The van der Waals surface area contributed by atoms with Gasteiger partial charge in [-0.05, 0) is 41.5 Å². The number of benzene rings is 2. The van der Waals surface area contributed by atoms with Crippen LogP contribution in [-0.4, -0.2) is 38.7 Å². The summed E-state index contributed by atoms with van der Waals surface area (Å²) in [5, 5.41) is 6.73. The van der Waals surface area contributed by atoms with Gasteiger partial charge in [0.15, 0.2) is 0 Å². The molecule has 1 aromatic heterocycles. The SMILES string of the molecule is O=C(CCCn1cncn1)N1CCC(c2cccc3ccccc23)CC1. The first kappa shape index (κ1) is 16.8. The van der Waals surface area contributed by atoms with Gasteiger partial charge in [0.25, 0.3) is 0 Å². The Kier molecular flexibility index (Phi) is 4.95. The van der Waals surface area contributed by atoms with Crippen LogP contribution in [0.2, 0.25) is 0 Å². The quantitative estimate of drug-likeness (QED) is 0.708. The molecule has 1 saturated heterocycles. The minimum atomic E-state index is 0.265. The van der Waals surface area contributed by atoms with E-state index in [-0.39, 0.29) is 5.91 Å². The predicted octanol–water partition coefficient (Wildman–Crippen LogP) is 3.62. The zero-order valence-corrected chi connectivity index (χ0v) is 14.9. The lowest BCUT2D eigenvalue weighted by Crippen LogP contribution is -2.37. The molecule has 0 atom stereocenters. The molecule has 2 aromatic carbocycles. The summed E-state index contributed by atoms with van der Waals surface area (Å²) in [6.45, 7) is 2.46. The number of amides is 1. The van der Waals surface area contributed by atoms with Crippen molar-refractivity contribution in [1.82, 2.24) is 19.7 Å². The average molecular weight is 348 g/mol. The van der Waals surface area contributed by atoms with Crippen LogP contribution in [0.25, 0.3) is 10.8 Å². The molecule has 0 N–H and O–H groups in total. The van der Waals surface area contributed by atoms with Crippen LogP contribution >= 0.6 is 0 Å². The van der Waals surface area contributed by atoms with Crippen LogP contribution < -0.4 is 0 Å². The van der Waals surface area contributed by atoms with Crippen LogP contribution in [0, 0.1) is 0 Å². The first-order chi connectivity index (χ1) is 12.8. The molecule has 2 heterocycles. The Labute approximate surface area is 153 Å². The first-order valence-corrected chi connectivity index (χ1v) is 9.39. The van der Waals surface area contributed by atoms with Crippen molar-refractivity contribution in [3.8, 4) is 0 Å². The number of carbonyl (C=O) groups excluding carboxylic acids is 1. The van der Waals surface area contributed by atoms with Crippen molar-refractivity contribution < 1.29 is 4.79 Å². The molecule has 1 amide bonds. The van der Waals surface area contributed by atoms with Gasteiger partial charge in [-0.3, -0.25) is 9.48 Å². The summed E-state index contributed by atoms with van der Waals surface area (Å²) in [6, 6.07) is 15.2. The number of hydrogen-bond acceptors (Lipinski definition) is 3. The van der Waals surface area contributed by atoms with E-state index in [1.165, 1.54) is 22.7 Å². The highest BCUT2D eigenvalue weighted by atomic mass is 16.2. The standard InChI is InChI=1S/C21H24N4O/c26-21(9-4-12-25-16-22-15-23-25)24-13-10-18(11-14-24)20-8-3-6-17-5-1-2-7-19(17)20/h1-3,5-8,15-16,18H,4,9-14H2. The molecule has 4 rings (SSSR count). The van der Waals surface area contributed by atoms with Gasteiger partial charge in [-0.25, -0.2) is 4.98 Å². The van der Waals surface area contributed by atoms with Crippen LogP contribution in [0.4, 0.5) is 0 Å². The van der Waals surface area contributed by atoms with Crippen LogP contribution in [-0.2, 0) is 11.3 Å². The number of aromatic nitrogens is 3. The molecule has 134 valence electrons. The normalized spacial score (nSPS) is 15.5. The average Bonchev–Trinajstić information content (AvgIpc) is 3.21. The van der Waals surface area contributed by atoms with Gasteiger partial charge < -0.3 is 4.90 Å². The molecule has 5 heteroatoms. The van der Waals surface area contributed by atoms with E-state index in [2.05, 4.69) is 52.5 Å². The molecule has 0 spiro atoms. The summed E-state index contributed by atoms with van der Waals surface area (Å²) >= 11 is 0. The smallest absolute Gasteiger partial charge is 0.222 e. The predicted molar refractivity (Wildman–Crippen MR) is 102 cm³/mol. The van der Waals surface area contributed by atoms with Crippen LogP contribution in [0.15, 0.2) is 55.1 Å². The third-order valence-electron chi connectivity index (χ3n) is 5.36. The van der Waals surface area contributed by atoms with E-state index in [4.69, 9.17) is 0 Å². The lowest BCUT2D eigenvalue weighted by Gasteiger charge is -2.33. The van der Waals surface area contributed by atoms with E-state index in [9.17, 15) is 4.79 Å². The molecule has 0 aliphatic carbocycles. The molecule has 0 radical (unpaired) electrons. The number of nitrogens with zero attached hydrogens (tertiary/aromatic N) is 4. The van der Waals surface area contributed by atoms with Crippen molar-refractivity contribution in [2.24, 2.45) is 0 Å². The molecule has 0 saturated carbocycles. The van der Waals surface area contributed by atoms with Crippen molar-refractivity contribution in [1.29, 1.82) is 0 Å². The Bertz CT molecular complexity index is 861. The summed E-state index contributed by atoms with van der Waals surface area (Å²) in [6.07, 6.45) is 6.70. The molecule has 1 aliphatic rings. The van der Waals surface area contributed by atoms with E-state index in [0.717, 1.165) is 38.9 Å². The fourth-order valence-electron chi connectivity index (χ4n) is 3.94. The minimum Gasteiger partial charge on any atom is -0.343 e. The second-order valence-corrected chi connectivity index (χ2v) is 6.99. The molecular formula is C21H24N4O. The van der Waals surface area contributed by atoms with Gasteiger partial charge >= 0.3 is 0 Å². The fourth-order valence-corrected chi connectivity index (χ4v) is 3.94. The number of piperidine rings is 1. The Hall–Kier alpha value is -2.69. The van der Waals surface area contributed by atoms with Crippen molar-refractivity contribution >= 4 is 16.7 Å². The van der Waals surface area contributed by atoms with E-state index in [0.29, 0.717) is 12.3 Å². The van der Waals surface area contributed by atoms with Crippen molar-refractivity contribution in [3.63, 3.8) is 0 Å². The van der Waals surface area contributed by atoms with Crippen LogP contribution in [0.3, 0.4) is 0 Å². The van der Waals surface area contributed by atoms with E-state index in [1.54, 1.807) is 11.0 Å². The first-order valence-electron chi connectivity index (χ1n) is 9.39. The highest BCUT2D eigenvalue weighted by Crippen LogP contribution is 2.33. The topological polar surface area (TPSA) is 51.0 Å². The fraction of sp³-hybridized carbons (Fsp3) is 0.381. The highest BCUT2D eigenvalue weighted by molar-refractivity contribution is 5.86. The zero-order chi connectivity index (χ0) is 17.8. The number of likely N-dealkylation sites (tertiary alicyclic amines) is 1. The largest absolute Gasteiger partial charge is 0.343 e. The van der Waals surface area contributed by atoms with Gasteiger partial charge in [-0.15, -0.1) is 0 Å². The molecule has 3 aromatic rings. The van der Waals surface area contributed by atoms with Gasteiger partial charge in [-0.2, -0.15) is 5.10 Å². The number of aryl methyl sites for hydroxylation is 1. The maximum absolute atomic E-state index is 12.5. The van der Waals surface area contributed by atoms with Gasteiger partial charge in [0.1, 0.15) is 12.7 Å². The minimum absolute atomic E-state index is 0.265. The second-order valence-electron chi connectivity index (χ2n) is 6.99. The Balaban J connectivity index is 1.32. The third-order valence-corrected chi connectivity index (χ3v) is 5.36. The molecule has 0 unspecified atom stereocenters. The van der Waals surface area contributed by atoms with E-state index >= 15 is 0 Å². The summed E-state index contributed by atoms with van der Waals surface area (Å²) in [7, 11) is 0. The maximum Gasteiger partial charge on any atom is 0.222 e. The molecule has 26 heavy (non-hydrogen) atoms. The molecule has 5 nitrogen and oxygen atoms in total. The highest BCUT2D eigenvalue weighted by Gasteiger charge is 2.24. The summed E-state index contributed by atoms with van der Waals surface area (Å²) in [5.74, 6) is 0.807. The molecular weight excluding hydrogens is 324 g/mol. The van der Waals surface area contributed by atoms with Crippen molar-refractivity contribution in [2.75, 3.05) is 13.1 Å². The van der Waals surface area contributed by atoms with Crippen LogP contribution in [0.1, 0.15) is 37.2 Å². The third kappa shape index (κ3) is 3.62. The Morgan fingerprint density at radius 1 is 1.08 bits per heavy atom. The molecule has 1 fully saturated rings. The van der Waals surface area contributed by atoms with Crippen molar-refractivity contribution in [2.45, 2.75) is 38.1 Å². The Morgan fingerprint density at radius 3 is 2.69 bits per heavy atom. The summed E-state index contributed by atoms with van der Waals surface area (Å²) in [4.78, 5) is 18.4. The van der Waals surface area contributed by atoms with Crippen LogP contribution in [0.5, 0.6) is 0 Å². The number of hydrogen-bond donors (Lipinski definition) is 0. The molecule has 0 bridgehead atoms. The number of fused-ring (bicyclic) bond motifs is 1.